The summed E-state index contributed by atoms with van der Waals surface area (Å²) in [6.07, 6.45) is 3.74. The molecule has 0 aliphatic carbocycles. The Labute approximate surface area is 113 Å². The van der Waals surface area contributed by atoms with Gasteiger partial charge in [0.2, 0.25) is 0 Å². The van der Waals surface area contributed by atoms with Crippen LogP contribution in [0.4, 0.5) is 4.39 Å². The molecule has 1 atom stereocenters. The van der Waals surface area contributed by atoms with E-state index in [0.717, 1.165) is 37.1 Å². The van der Waals surface area contributed by atoms with Crippen molar-refractivity contribution in [3.05, 3.63) is 29.8 Å². The van der Waals surface area contributed by atoms with Crippen molar-refractivity contribution in [3.8, 4) is 0 Å². The van der Waals surface area contributed by atoms with Crippen molar-refractivity contribution >= 4 is 11.0 Å². The van der Waals surface area contributed by atoms with Gasteiger partial charge in [-0.1, -0.05) is 26.3 Å². The third-order valence-electron chi connectivity index (χ3n) is 3.36. The summed E-state index contributed by atoms with van der Waals surface area (Å²) in [5.41, 5.74) is 7.44. The summed E-state index contributed by atoms with van der Waals surface area (Å²) in [5, 5.41) is 0. The van der Waals surface area contributed by atoms with Crippen molar-refractivity contribution in [2.75, 3.05) is 0 Å². The van der Waals surface area contributed by atoms with E-state index in [4.69, 9.17) is 5.73 Å². The summed E-state index contributed by atoms with van der Waals surface area (Å²) >= 11 is 0. The predicted octanol–water partition coefficient (Wildman–Crippen LogP) is 3.26. The van der Waals surface area contributed by atoms with Crippen LogP contribution in [0.3, 0.4) is 0 Å². The van der Waals surface area contributed by atoms with E-state index < -0.39 is 0 Å². The number of hydrogen-bond donors (Lipinski definition) is 1. The lowest BCUT2D eigenvalue weighted by Crippen LogP contribution is -2.24. The molecular weight excluding hydrogens is 241 g/mol. The number of imidazole rings is 1. The molecule has 19 heavy (non-hydrogen) atoms. The molecule has 2 rings (SSSR count). The summed E-state index contributed by atoms with van der Waals surface area (Å²) in [6, 6.07) is 5.22. The summed E-state index contributed by atoms with van der Waals surface area (Å²) in [6.45, 7) is 5.09. The highest BCUT2D eigenvalue weighted by Crippen LogP contribution is 2.20. The molecule has 104 valence electrons. The second-order valence-electron chi connectivity index (χ2n) is 5.04. The molecule has 0 spiro atoms. The van der Waals surface area contributed by atoms with Gasteiger partial charge in [0.25, 0.3) is 0 Å². The monoisotopic (exact) mass is 263 g/mol. The van der Waals surface area contributed by atoms with Crippen LogP contribution in [-0.4, -0.2) is 15.6 Å². The fourth-order valence-corrected chi connectivity index (χ4v) is 2.50. The number of aryl methyl sites for hydroxylation is 1. The molecule has 0 aliphatic heterocycles. The van der Waals surface area contributed by atoms with Crippen molar-refractivity contribution in [1.29, 1.82) is 0 Å². The number of para-hydroxylation sites is 1. The van der Waals surface area contributed by atoms with Gasteiger partial charge in [0.05, 0.1) is 5.52 Å². The lowest BCUT2D eigenvalue weighted by Gasteiger charge is -2.12. The first-order valence-electron chi connectivity index (χ1n) is 7.06. The number of nitrogens with zero attached hydrogens (tertiary/aromatic N) is 2. The van der Waals surface area contributed by atoms with Crippen molar-refractivity contribution < 1.29 is 4.39 Å². The Hall–Kier alpha value is -1.42. The Morgan fingerprint density at radius 1 is 1.32 bits per heavy atom. The normalized spacial score (nSPS) is 13.1. The summed E-state index contributed by atoms with van der Waals surface area (Å²) in [5.74, 6) is 0.653. The van der Waals surface area contributed by atoms with Gasteiger partial charge in [0, 0.05) is 19.0 Å². The average Bonchev–Trinajstić information content (AvgIpc) is 2.70. The number of benzene rings is 1. The van der Waals surface area contributed by atoms with Gasteiger partial charge in [-0.15, -0.1) is 0 Å². The first-order chi connectivity index (χ1) is 9.17. The maximum Gasteiger partial charge on any atom is 0.151 e. The van der Waals surface area contributed by atoms with Crippen LogP contribution in [0, 0.1) is 5.82 Å². The van der Waals surface area contributed by atoms with Crippen molar-refractivity contribution in [1.82, 2.24) is 9.55 Å². The molecule has 2 aromatic rings. The Balaban J connectivity index is 2.41. The van der Waals surface area contributed by atoms with Gasteiger partial charge in [-0.25, -0.2) is 9.37 Å². The number of aromatic nitrogens is 2. The second-order valence-corrected chi connectivity index (χ2v) is 5.04. The van der Waals surface area contributed by atoms with Crippen LogP contribution >= 0.6 is 0 Å². The van der Waals surface area contributed by atoms with Crippen molar-refractivity contribution in [2.45, 2.75) is 52.1 Å². The third kappa shape index (κ3) is 2.95. The number of fused-ring (bicyclic) bond motifs is 1. The molecule has 1 heterocycles. The Morgan fingerprint density at radius 3 is 2.79 bits per heavy atom. The Morgan fingerprint density at radius 2 is 2.11 bits per heavy atom. The molecule has 0 fully saturated rings. The third-order valence-corrected chi connectivity index (χ3v) is 3.36. The second kappa shape index (κ2) is 6.15. The first kappa shape index (κ1) is 14.0. The number of halogens is 1. The van der Waals surface area contributed by atoms with Gasteiger partial charge < -0.3 is 10.3 Å². The molecule has 3 nitrogen and oxygen atoms in total. The van der Waals surface area contributed by atoms with Gasteiger partial charge in [0.1, 0.15) is 11.3 Å². The smallest absolute Gasteiger partial charge is 0.151 e. The van der Waals surface area contributed by atoms with Crippen LogP contribution in [0.25, 0.3) is 11.0 Å². The van der Waals surface area contributed by atoms with E-state index in [1.54, 1.807) is 6.07 Å². The standard InChI is InChI=1S/C15H22FN3/c1-3-6-11(17)10-14-18-15-12(16)7-5-8-13(15)19(14)9-4-2/h5,7-8,11H,3-4,6,9-10,17H2,1-2H3. The highest BCUT2D eigenvalue weighted by Gasteiger charge is 2.15. The molecule has 0 amide bonds. The number of rotatable bonds is 6. The molecule has 0 radical (unpaired) electrons. The summed E-state index contributed by atoms with van der Waals surface area (Å²) < 4.78 is 15.9. The molecule has 0 bridgehead atoms. The highest BCUT2D eigenvalue weighted by molar-refractivity contribution is 5.76. The molecule has 0 saturated heterocycles. The highest BCUT2D eigenvalue weighted by atomic mass is 19.1. The van der Waals surface area contributed by atoms with E-state index >= 15 is 0 Å². The van der Waals surface area contributed by atoms with Gasteiger partial charge >= 0.3 is 0 Å². The molecule has 4 heteroatoms. The molecule has 0 saturated carbocycles. The van der Waals surface area contributed by atoms with Crippen LogP contribution in [0.1, 0.15) is 38.9 Å². The molecule has 2 N–H and O–H groups in total. The first-order valence-corrected chi connectivity index (χ1v) is 7.06. The van der Waals surface area contributed by atoms with Crippen LogP contribution in [0.15, 0.2) is 18.2 Å². The Bertz CT molecular complexity index is 548. The lowest BCUT2D eigenvalue weighted by atomic mass is 10.1. The lowest BCUT2D eigenvalue weighted by molar-refractivity contribution is 0.557. The minimum absolute atomic E-state index is 0.0977. The minimum atomic E-state index is -0.252. The molecule has 1 aromatic heterocycles. The Kier molecular flexibility index (Phi) is 4.53. The van der Waals surface area contributed by atoms with Gasteiger partial charge in [-0.3, -0.25) is 0 Å². The zero-order chi connectivity index (χ0) is 13.8. The summed E-state index contributed by atoms with van der Waals surface area (Å²) in [7, 11) is 0. The SMILES string of the molecule is CCCC(N)Cc1nc2c(F)cccc2n1CCC. The average molecular weight is 263 g/mol. The van der Waals surface area contributed by atoms with Crippen LogP contribution < -0.4 is 5.73 Å². The number of hydrogen-bond acceptors (Lipinski definition) is 2. The van der Waals surface area contributed by atoms with Crippen molar-refractivity contribution in [2.24, 2.45) is 5.73 Å². The zero-order valence-electron chi connectivity index (χ0n) is 11.7. The van der Waals surface area contributed by atoms with Crippen LogP contribution in [-0.2, 0) is 13.0 Å². The van der Waals surface area contributed by atoms with Crippen molar-refractivity contribution in [3.63, 3.8) is 0 Å². The fourth-order valence-electron chi connectivity index (χ4n) is 2.50. The largest absolute Gasteiger partial charge is 0.328 e. The molecular formula is C15H22FN3. The quantitative estimate of drug-likeness (QED) is 0.869. The van der Waals surface area contributed by atoms with Crippen LogP contribution in [0.2, 0.25) is 0 Å². The number of nitrogens with two attached hydrogens (primary N) is 1. The van der Waals surface area contributed by atoms with E-state index in [-0.39, 0.29) is 11.9 Å². The predicted molar refractivity (Wildman–Crippen MR) is 76.6 cm³/mol. The van der Waals surface area contributed by atoms with Gasteiger partial charge in [-0.05, 0) is 25.0 Å². The topological polar surface area (TPSA) is 43.8 Å². The maximum atomic E-state index is 13.8. The van der Waals surface area contributed by atoms with Gasteiger partial charge in [0.15, 0.2) is 5.82 Å². The van der Waals surface area contributed by atoms with Crippen LogP contribution in [0.5, 0.6) is 0 Å². The molecule has 0 aliphatic rings. The fraction of sp³-hybridized carbons (Fsp3) is 0.533. The van der Waals surface area contributed by atoms with E-state index in [1.165, 1.54) is 6.07 Å². The van der Waals surface area contributed by atoms with E-state index in [2.05, 4.69) is 23.4 Å². The van der Waals surface area contributed by atoms with Gasteiger partial charge in [-0.2, -0.15) is 0 Å². The summed E-state index contributed by atoms with van der Waals surface area (Å²) in [4.78, 5) is 4.46. The van der Waals surface area contributed by atoms with E-state index in [1.807, 2.05) is 6.07 Å². The van der Waals surface area contributed by atoms with E-state index in [0.29, 0.717) is 11.9 Å². The molecule has 1 aromatic carbocycles. The molecule has 1 unspecified atom stereocenters. The van der Waals surface area contributed by atoms with E-state index in [9.17, 15) is 4.39 Å². The minimum Gasteiger partial charge on any atom is -0.328 e. The zero-order valence-corrected chi connectivity index (χ0v) is 11.7. The maximum absolute atomic E-state index is 13.8.